The number of halogens is 2. The molecule has 0 saturated heterocycles. The van der Waals surface area contributed by atoms with Gasteiger partial charge in [0.25, 0.3) is 0 Å². The molecule has 0 fully saturated rings. The van der Waals surface area contributed by atoms with Crippen LogP contribution in [0.2, 0.25) is 10.0 Å². The molecule has 0 spiro atoms. The highest BCUT2D eigenvalue weighted by Gasteiger charge is 2.25. The van der Waals surface area contributed by atoms with Gasteiger partial charge >= 0.3 is 0 Å². The first-order valence-corrected chi connectivity index (χ1v) is 12.8. The zero-order chi connectivity index (χ0) is 22.8. The molecule has 1 aliphatic rings. The predicted molar refractivity (Wildman–Crippen MR) is 131 cm³/mol. The van der Waals surface area contributed by atoms with Crippen molar-refractivity contribution in [3.63, 3.8) is 0 Å². The molecule has 0 saturated carbocycles. The number of hydrogen-bond acceptors (Lipinski definition) is 6. The van der Waals surface area contributed by atoms with Gasteiger partial charge in [-0.1, -0.05) is 41.9 Å². The van der Waals surface area contributed by atoms with E-state index in [0.717, 1.165) is 30.4 Å². The first kappa shape index (κ1) is 23.1. The Morgan fingerprint density at radius 1 is 1.38 bits per heavy atom. The Labute approximate surface area is 204 Å². The van der Waals surface area contributed by atoms with Crippen molar-refractivity contribution in [1.29, 1.82) is 5.26 Å². The number of carbonyl (C=O) groups is 1. The molecule has 1 atom stereocenters. The summed E-state index contributed by atoms with van der Waals surface area (Å²) >= 11 is 15.0. The largest absolute Gasteiger partial charge is 0.316 e. The lowest BCUT2D eigenvalue weighted by molar-refractivity contribution is -0.113. The van der Waals surface area contributed by atoms with E-state index in [0.29, 0.717) is 44.1 Å². The number of carbonyl (C=O) groups excluding carboxylic acids is 1. The maximum atomic E-state index is 12.7. The number of thioether (sulfide) groups is 1. The van der Waals surface area contributed by atoms with Gasteiger partial charge in [0.15, 0.2) is 11.0 Å². The van der Waals surface area contributed by atoms with E-state index < -0.39 is 0 Å². The van der Waals surface area contributed by atoms with Crippen LogP contribution in [-0.2, 0) is 24.2 Å². The lowest BCUT2D eigenvalue weighted by Crippen LogP contribution is -2.14. The summed E-state index contributed by atoms with van der Waals surface area (Å²) in [5.74, 6) is 1.28. The van der Waals surface area contributed by atoms with Crippen molar-refractivity contribution in [1.82, 2.24) is 14.8 Å². The Bertz CT molecular complexity index is 1210. The number of fused-ring (bicyclic) bond motifs is 1. The van der Waals surface area contributed by atoms with E-state index >= 15 is 0 Å². The van der Waals surface area contributed by atoms with Crippen LogP contribution in [0.4, 0.5) is 5.00 Å². The molecular formula is C22H21Cl2N5OS2. The molecule has 2 aromatic heterocycles. The van der Waals surface area contributed by atoms with Crippen molar-refractivity contribution in [2.24, 2.45) is 5.92 Å². The molecule has 1 unspecified atom stereocenters. The van der Waals surface area contributed by atoms with Crippen LogP contribution in [-0.4, -0.2) is 26.4 Å². The highest BCUT2D eigenvalue weighted by molar-refractivity contribution is 7.99. The molecular weight excluding hydrogens is 485 g/mol. The summed E-state index contributed by atoms with van der Waals surface area (Å²) < 4.78 is 1.93. The van der Waals surface area contributed by atoms with Crippen LogP contribution in [0.5, 0.6) is 0 Å². The monoisotopic (exact) mass is 505 g/mol. The number of hydrogen-bond donors (Lipinski definition) is 1. The minimum absolute atomic E-state index is 0.167. The molecule has 166 valence electrons. The Balaban J connectivity index is 1.47. The van der Waals surface area contributed by atoms with Gasteiger partial charge in [-0.25, -0.2) is 0 Å². The minimum atomic E-state index is -0.167. The number of rotatable bonds is 6. The lowest BCUT2D eigenvalue weighted by Gasteiger charge is -2.17. The molecule has 1 aliphatic carbocycles. The zero-order valence-electron chi connectivity index (χ0n) is 17.6. The average Bonchev–Trinajstić information content (AvgIpc) is 3.33. The van der Waals surface area contributed by atoms with Crippen molar-refractivity contribution in [2.45, 2.75) is 44.8 Å². The summed E-state index contributed by atoms with van der Waals surface area (Å²) in [4.78, 5) is 13.9. The topological polar surface area (TPSA) is 83.6 Å². The number of anilines is 1. The SMILES string of the molecule is CCn1c(SCC(=O)Nc2sc3c(c2C#N)CCC(C)C3)nnc1-c1ccc(Cl)c(Cl)c1. The summed E-state index contributed by atoms with van der Waals surface area (Å²) in [6.07, 6.45) is 2.95. The quantitative estimate of drug-likeness (QED) is 0.411. The molecule has 1 amide bonds. The number of amides is 1. The number of thiophene rings is 1. The molecule has 2 heterocycles. The van der Waals surface area contributed by atoms with Crippen LogP contribution in [0.1, 0.15) is 36.3 Å². The third-order valence-corrected chi connectivity index (χ3v) is 8.30. The van der Waals surface area contributed by atoms with Gasteiger partial charge in [-0.05, 0) is 55.9 Å². The standard InChI is InChI=1S/C22H21Cl2N5OS2/c1-3-29-20(13-5-7-16(23)17(24)9-13)27-28-22(29)31-11-19(30)26-21-15(10-25)14-6-4-12(2)8-18(14)32-21/h5,7,9,12H,3-4,6,8,11H2,1-2H3,(H,26,30). The maximum Gasteiger partial charge on any atom is 0.235 e. The molecule has 4 rings (SSSR count). The van der Waals surface area contributed by atoms with E-state index in [2.05, 4.69) is 28.5 Å². The van der Waals surface area contributed by atoms with E-state index in [9.17, 15) is 10.1 Å². The van der Waals surface area contributed by atoms with Crippen molar-refractivity contribution in [2.75, 3.05) is 11.1 Å². The molecule has 10 heteroatoms. The Morgan fingerprint density at radius 2 is 2.19 bits per heavy atom. The summed E-state index contributed by atoms with van der Waals surface area (Å²) in [6, 6.07) is 7.61. The molecule has 32 heavy (non-hydrogen) atoms. The molecule has 1 aromatic carbocycles. The van der Waals surface area contributed by atoms with Crippen LogP contribution in [0.25, 0.3) is 11.4 Å². The van der Waals surface area contributed by atoms with Crippen molar-refractivity contribution >= 4 is 57.2 Å². The van der Waals surface area contributed by atoms with E-state index in [1.807, 2.05) is 17.6 Å². The fraction of sp³-hybridized carbons (Fsp3) is 0.364. The highest BCUT2D eigenvalue weighted by Crippen LogP contribution is 2.39. The van der Waals surface area contributed by atoms with Crippen LogP contribution in [0.15, 0.2) is 23.4 Å². The van der Waals surface area contributed by atoms with Crippen LogP contribution >= 0.6 is 46.3 Å². The number of benzene rings is 1. The Kier molecular flexibility index (Phi) is 7.11. The molecule has 0 radical (unpaired) electrons. The second-order valence-corrected chi connectivity index (χ2v) is 10.5. The second kappa shape index (κ2) is 9.84. The van der Waals surface area contributed by atoms with E-state index in [1.54, 1.807) is 12.1 Å². The molecule has 3 aromatic rings. The van der Waals surface area contributed by atoms with Gasteiger partial charge in [-0.3, -0.25) is 4.79 Å². The summed E-state index contributed by atoms with van der Waals surface area (Å²) in [5.41, 5.74) is 2.53. The van der Waals surface area contributed by atoms with Crippen molar-refractivity contribution in [3.8, 4) is 17.5 Å². The van der Waals surface area contributed by atoms with E-state index in [-0.39, 0.29) is 11.7 Å². The zero-order valence-corrected chi connectivity index (χ0v) is 20.8. The van der Waals surface area contributed by atoms with Gasteiger partial charge in [-0.2, -0.15) is 5.26 Å². The van der Waals surface area contributed by atoms with Crippen LogP contribution in [0.3, 0.4) is 0 Å². The number of nitrogens with zero attached hydrogens (tertiary/aromatic N) is 4. The number of nitrogens with one attached hydrogen (secondary N) is 1. The molecule has 1 N–H and O–H groups in total. The molecule has 0 bridgehead atoms. The smallest absolute Gasteiger partial charge is 0.235 e. The Morgan fingerprint density at radius 3 is 2.91 bits per heavy atom. The van der Waals surface area contributed by atoms with Crippen LogP contribution in [0, 0.1) is 17.2 Å². The highest BCUT2D eigenvalue weighted by atomic mass is 35.5. The number of aromatic nitrogens is 3. The van der Waals surface area contributed by atoms with Gasteiger partial charge in [-0.15, -0.1) is 21.5 Å². The van der Waals surface area contributed by atoms with Gasteiger partial charge in [0.05, 0.1) is 21.4 Å². The first-order valence-electron chi connectivity index (χ1n) is 10.3. The number of nitriles is 1. The normalized spacial score (nSPS) is 15.3. The van der Waals surface area contributed by atoms with Gasteiger partial charge in [0.2, 0.25) is 5.91 Å². The Hall–Kier alpha value is -2.05. The fourth-order valence-electron chi connectivity index (χ4n) is 3.78. The van der Waals surface area contributed by atoms with Crippen molar-refractivity contribution in [3.05, 3.63) is 44.2 Å². The maximum absolute atomic E-state index is 12.7. The molecule has 0 aliphatic heterocycles. The predicted octanol–water partition coefficient (Wildman–Crippen LogP) is 6.06. The first-order chi connectivity index (χ1) is 15.4. The summed E-state index contributed by atoms with van der Waals surface area (Å²) in [7, 11) is 0. The third-order valence-electron chi connectivity index (χ3n) is 5.42. The summed E-state index contributed by atoms with van der Waals surface area (Å²) in [5, 5.41) is 23.3. The molecule has 6 nitrogen and oxygen atoms in total. The van der Waals surface area contributed by atoms with Gasteiger partial charge < -0.3 is 9.88 Å². The third kappa shape index (κ3) is 4.67. The van der Waals surface area contributed by atoms with Gasteiger partial charge in [0.1, 0.15) is 11.1 Å². The van der Waals surface area contributed by atoms with Crippen molar-refractivity contribution < 1.29 is 4.79 Å². The minimum Gasteiger partial charge on any atom is -0.316 e. The second-order valence-electron chi connectivity index (χ2n) is 7.68. The van der Waals surface area contributed by atoms with Gasteiger partial charge in [0, 0.05) is 17.0 Å². The fourth-order valence-corrected chi connectivity index (χ4v) is 6.26. The van der Waals surface area contributed by atoms with E-state index in [4.69, 9.17) is 23.2 Å². The lowest BCUT2D eigenvalue weighted by atomic mass is 9.89. The van der Waals surface area contributed by atoms with Crippen LogP contribution < -0.4 is 5.32 Å². The van der Waals surface area contributed by atoms with E-state index in [1.165, 1.54) is 28.0 Å². The summed E-state index contributed by atoms with van der Waals surface area (Å²) in [6.45, 7) is 4.85. The average molecular weight is 506 g/mol.